The van der Waals surface area contributed by atoms with Crippen molar-refractivity contribution in [3.05, 3.63) is 75.4 Å². The van der Waals surface area contributed by atoms with Gasteiger partial charge in [0, 0.05) is 38.6 Å². The number of hydrogen-bond donors (Lipinski definition) is 1. The Morgan fingerprint density at radius 2 is 1.87 bits per heavy atom. The van der Waals surface area contributed by atoms with Crippen molar-refractivity contribution in [2.75, 3.05) is 32.5 Å². The van der Waals surface area contributed by atoms with Crippen LogP contribution in [0, 0.1) is 24.2 Å². The van der Waals surface area contributed by atoms with Crippen LogP contribution < -0.4 is 10.3 Å². The van der Waals surface area contributed by atoms with Gasteiger partial charge in [-0.1, -0.05) is 62.6 Å². The van der Waals surface area contributed by atoms with Crippen molar-refractivity contribution < 1.29 is 9.53 Å². The maximum atomic E-state index is 13.1. The Labute approximate surface area is 231 Å². The molecule has 38 heavy (non-hydrogen) atoms. The molecule has 0 spiro atoms. The van der Waals surface area contributed by atoms with E-state index in [0.29, 0.717) is 24.1 Å². The number of likely N-dealkylation sites (tertiary alicyclic amines) is 1. The van der Waals surface area contributed by atoms with Gasteiger partial charge in [0.15, 0.2) is 0 Å². The number of rotatable bonds is 9. The van der Waals surface area contributed by atoms with Crippen molar-refractivity contribution in [3.8, 4) is 5.69 Å². The van der Waals surface area contributed by atoms with Gasteiger partial charge in [0.25, 0.3) is 5.56 Å². The van der Waals surface area contributed by atoms with E-state index in [2.05, 4.69) is 48.8 Å². The number of piperidine rings is 1. The summed E-state index contributed by atoms with van der Waals surface area (Å²) < 4.78 is 12.3. The lowest BCUT2D eigenvalue weighted by atomic mass is 9.58. The largest absolute Gasteiger partial charge is 0.461 e. The minimum atomic E-state index is -0.549. The Balaban J connectivity index is 1.41. The van der Waals surface area contributed by atoms with Crippen molar-refractivity contribution in [1.29, 1.82) is 0 Å². The zero-order valence-electron chi connectivity index (χ0n) is 23.6. The standard InChI is InChI=1S/C30H42N4O3S/c1-7-30(24-12-11-13-25(18-24)31-38-6)21(2)19-33(20-22(30)3)16-17-37-29(36)27-23(4)32(5)34(28(27)35)26-14-9-8-10-15-26/h8-10,13-15,18,21-22,31H,7,11-12,16-17,19-20H2,1-6H3. The van der Waals surface area contributed by atoms with Crippen LogP contribution in [0.3, 0.4) is 0 Å². The summed E-state index contributed by atoms with van der Waals surface area (Å²) in [7, 11) is 1.79. The fourth-order valence-electron chi connectivity index (χ4n) is 6.80. The van der Waals surface area contributed by atoms with Crippen LogP contribution in [0.4, 0.5) is 0 Å². The Hall–Kier alpha value is -2.71. The third kappa shape index (κ3) is 5.25. The molecule has 2 aromatic rings. The van der Waals surface area contributed by atoms with Gasteiger partial charge in [-0.25, -0.2) is 9.48 Å². The van der Waals surface area contributed by atoms with Gasteiger partial charge >= 0.3 is 5.97 Å². The smallest absolute Gasteiger partial charge is 0.345 e. The first-order chi connectivity index (χ1) is 18.2. The molecular formula is C30H42N4O3S. The predicted molar refractivity (Wildman–Crippen MR) is 156 cm³/mol. The Kier molecular flexibility index (Phi) is 8.93. The molecule has 2 unspecified atom stereocenters. The fourth-order valence-corrected chi connectivity index (χ4v) is 7.18. The normalized spacial score (nSPS) is 24.1. The average molecular weight is 539 g/mol. The number of carbonyl (C=O) groups excluding carboxylic acids is 1. The number of para-hydroxylation sites is 1. The van der Waals surface area contributed by atoms with E-state index in [1.54, 1.807) is 36.2 Å². The second-order valence-electron chi connectivity index (χ2n) is 10.7. The summed E-state index contributed by atoms with van der Waals surface area (Å²) in [5.41, 5.74) is 4.05. The minimum absolute atomic E-state index is 0.105. The molecule has 1 saturated heterocycles. The van der Waals surface area contributed by atoms with Crippen LogP contribution in [0.1, 0.15) is 56.1 Å². The molecule has 7 nitrogen and oxygen atoms in total. The number of nitrogens with one attached hydrogen (secondary N) is 1. The maximum Gasteiger partial charge on any atom is 0.345 e. The van der Waals surface area contributed by atoms with Crippen molar-refractivity contribution in [3.63, 3.8) is 0 Å². The Bertz CT molecular complexity index is 1250. The molecule has 1 aliphatic heterocycles. The van der Waals surface area contributed by atoms with Gasteiger partial charge in [-0.3, -0.25) is 14.4 Å². The number of hydrogen-bond acceptors (Lipinski definition) is 6. The van der Waals surface area contributed by atoms with Crippen LogP contribution in [0.25, 0.3) is 5.69 Å². The predicted octanol–water partition coefficient (Wildman–Crippen LogP) is 5.10. The van der Waals surface area contributed by atoms with E-state index < -0.39 is 5.97 Å². The van der Waals surface area contributed by atoms with E-state index in [4.69, 9.17) is 4.74 Å². The number of aromatic nitrogens is 2. The first-order valence-corrected chi connectivity index (χ1v) is 14.9. The molecule has 2 aliphatic rings. The monoisotopic (exact) mass is 538 g/mol. The van der Waals surface area contributed by atoms with E-state index in [-0.39, 0.29) is 23.1 Å². The number of allylic oxidation sites excluding steroid dienone is 3. The molecular weight excluding hydrogens is 496 g/mol. The summed E-state index contributed by atoms with van der Waals surface area (Å²) in [6.07, 6.45) is 10.1. The number of carbonyl (C=O) groups is 1. The summed E-state index contributed by atoms with van der Waals surface area (Å²) >= 11 is 1.64. The van der Waals surface area contributed by atoms with E-state index >= 15 is 0 Å². The van der Waals surface area contributed by atoms with E-state index in [1.165, 1.54) is 10.4 Å². The minimum Gasteiger partial charge on any atom is -0.461 e. The maximum absolute atomic E-state index is 13.1. The third-order valence-corrected chi connectivity index (χ3v) is 9.17. The van der Waals surface area contributed by atoms with Crippen molar-refractivity contribution in [2.24, 2.45) is 24.3 Å². The van der Waals surface area contributed by atoms with E-state index in [1.807, 2.05) is 30.3 Å². The molecule has 0 amide bonds. The fraction of sp³-hybridized carbons (Fsp3) is 0.533. The molecule has 8 heteroatoms. The number of benzene rings is 1. The van der Waals surface area contributed by atoms with Gasteiger partial charge < -0.3 is 9.46 Å². The summed E-state index contributed by atoms with van der Waals surface area (Å²) in [6.45, 7) is 11.7. The molecule has 2 atom stereocenters. The average Bonchev–Trinajstić information content (AvgIpc) is 3.12. The van der Waals surface area contributed by atoms with Crippen LogP contribution in [-0.4, -0.2) is 52.7 Å². The molecule has 1 N–H and O–H groups in total. The highest BCUT2D eigenvalue weighted by atomic mass is 32.2. The van der Waals surface area contributed by atoms with Gasteiger partial charge in [0.05, 0.1) is 11.4 Å². The van der Waals surface area contributed by atoms with Crippen molar-refractivity contribution >= 4 is 17.9 Å². The third-order valence-electron chi connectivity index (χ3n) is 8.73. The first-order valence-electron chi connectivity index (χ1n) is 13.7. The lowest BCUT2D eigenvalue weighted by Gasteiger charge is -2.53. The lowest BCUT2D eigenvalue weighted by Crippen LogP contribution is -2.53. The molecule has 1 aromatic carbocycles. The number of nitrogens with zero attached hydrogens (tertiary/aromatic N) is 3. The van der Waals surface area contributed by atoms with Crippen LogP contribution in [0.5, 0.6) is 0 Å². The van der Waals surface area contributed by atoms with Crippen LogP contribution in [0.2, 0.25) is 0 Å². The quantitative estimate of drug-likeness (QED) is 0.354. The summed E-state index contributed by atoms with van der Waals surface area (Å²) in [6, 6.07) is 9.35. The second-order valence-corrected chi connectivity index (χ2v) is 11.3. The van der Waals surface area contributed by atoms with Gasteiger partial charge in [-0.05, 0) is 61.6 Å². The molecule has 0 saturated carbocycles. The SMILES string of the molecule is CCC1(C2=CC(NSC)=CCC2)C(C)CN(CCOC(=O)c2c(C)n(C)n(-c3ccccc3)c2=O)CC1C. The topological polar surface area (TPSA) is 68.5 Å². The highest BCUT2D eigenvalue weighted by Crippen LogP contribution is 2.51. The van der Waals surface area contributed by atoms with Gasteiger partial charge in [0.1, 0.15) is 12.2 Å². The van der Waals surface area contributed by atoms with Gasteiger partial charge in [-0.15, -0.1) is 0 Å². The summed E-state index contributed by atoms with van der Waals surface area (Å²) in [5, 5.41) is 0. The number of esters is 1. The molecule has 1 fully saturated rings. The van der Waals surface area contributed by atoms with Crippen molar-refractivity contribution in [1.82, 2.24) is 19.0 Å². The van der Waals surface area contributed by atoms with Crippen LogP contribution in [-0.2, 0) is 11.8 Å². The molecule has 206 valence electrons. The van der Waals surface area contributed by atoms with Gasteiger partial charge in [-0.2, -0.15) is 0 Å². The number of ether oxygens (including phenoxy) is 1. The van der Waals surface area contributed by atoms with Crippen LogP contribution in [0.15, 0.2) is 58.5 Å². The molecule has 0 radical (unpaired) electrons. The summed E-state index contributed by atoms with van der Waals surface area (Å²) in [5.74, 6) is 0.425. The van der Waals surface area contributed by atoms with Gasteiger partial charge in [0.2, 0.25) is 0 Å². The van der Waals surface area contributed by atoms with E-state index in [0.717, 1.165) is 38.0 Å². The zero-order valence-corrected chi connectivity index (χ0v) is 24.4. The molecule has 2 heterocycles. The molecule has 4 rings (SSSR count). The van der Waals surface area contributed by atoms with Crippen LogP contribution >= 0.6 is 11.9 Å². The second kappa shape index (κ2) is 12.0. The summed E-state index contributed by atoms with van der Waals surface area (Å²) in [4.78, 5) is 28.6. The van der Waals surface area contributed by atoms with E-state index in [9.17, 15) is 9.59 Å². The lowest BCUT2D eigenvalue weighted by molar-refractivity contribution is -0.00102. The van der Waals surface area contributed by atoms with Crippen molar-refractivity contribution in [2.45, 2.75) is 47.0 Å². The molecule has 1 aromatic heterocycles. The Morgan fingerprint density at radius 3 is 2.50 bits per heavy atom. The first kappa shape index (κ1) is 28.3. The zero-order chi connectivity index (χ0) is 27.4. The molecule has 0 bridgehead atoms. The molecule has 1 aliphatic carbocycles. The highest BCUT2D eigenvalue weighted by Gasteiger charge is 2.46. The highest BCUT2D eigenvalue weighted by molar-refractivity contribution is 7.96. The Morgan fingerprint density at radius 1 is 1.18 bits per heavy atom.